The highest BCUT2D eigenvalue weighted by molar-refractivity contribution is 7.80. The summed E-state index contributed by atoms with van der Waals surface area (Å²) in [4.78, 5) is 1.19. The Labute approximate surface area is 101 Å². The van der Waals surface area contributed by atoms with Crippen LogP contribution in [0.1, 0.15) is 11.1 Å². The quantitative estimate of drug-likeness (QED) is 0.596. The van der Waals surface area contributed by atoms with Crippen molar-refractivity contribution in [2.45, 2.75) is 13.8 Å². The van der Waals surface area contributed by atoms with Crippen molar-refractivity contribution in [3.05, 3.63) is 33.1 Å². The maximum Gasteiger partial charge on any atom is 0.116 e. The van der Waals surface area contributed by atoms with Crippen molar-refractivity contribution in [2.24, 2.45) is 0 Å². The van der Waals surface area contributed by atoms with Gasteiger partial charge in [-0.15, -0.1) is 0 Å². The van der Waals surface area contributed by atoms with E-state index in [4.69, 9.17) is 12.2 Å². The zero-order chi connectivity index (χ0) is 11.0. The molecule has 0 saturated heterocycles. The topological polar surface area (TPSA) is 20.2 Å². The van der Waals surface area contributed by atoms with Gasteiger partial charge in [0.05, 0.1) is 0 Å². The summed E-state index contributed by atoms with van der Waals surface area (Å²) in [7, 11) is 3.31. The van der Waals surface area contributed by atoms with E-state index in [2.05, 4.69) is 0 Å². The first-order chi connectivity index (χ1) is 7.08. The molecule has 15 heavy (non-hydrogen) atoms. The highest BCUT2D eigenvalue weighted by Crippen LogP contribution is 2.35. The van der Waals surface area contributed by atoms with Crippen LogP contribution in [0.25, 0.3) is 10.4 Å². The number of hydrogen-bond acceptors (Lipinski definition) is 4. The van der Waals surface area contributed by atoms with Crippen LogP contribution >= 0.6 is 32.9 Å². The first-order valence-corrected chi connectivity index (χ1v) is 7.04. The van der Waals surface area contributed by atoms with Crippen LogP contribution < -0.4 is 0 Å². The van der Waals surface area contributed by atoms with Gasteiger partial charge in [-0.2, -0.15) is 0 Å². The zero-order valence-electron chi connectivity index (χ0n) is 8.40. The molecule has 1 aromatic heterocycles. The first kappa shape index (κ1) is 10.8. The molecule has 2 rings (SSSR count). The van der Waals surface area contributed by atoms with E-state index < -0.39 is 0 Å². The SMILES string of the molecule is Cc1cc(O)cc(C)c1-c1cc(=S)ss1. The molecule has 0 atom stereocenters. The number of aryl methyl sites for hydroxylation is 2. The molecular weight excluding hydrogens is 244 g/mol. The minimum absolute atomic E-state index is 0.326. The average molecular weight is 254 g/mol. The normalized spacial score (nSPS) is 10.5. The molecule has 0 fully saturated rings. The molecule has 2 aromatic rings. The second-order valence-electron chi connectivity index (χ2n) is 3.45. The Hall–Kier alpha value is -0.710. The number of rotatable bonds is 1. The van der Waals surface area contributed by atoms with Gasteiger partial charge in [-0.1, -0.05) is 32.9 Å². The Bertz CT molecular complexity index is 528. The highest BCUT2D eigenvalue weighted by atomic mass is 32.9. The monoisotopic (exact) mass is 254 g/mol. The minimum atomic E-state index is 0.326. The summed E-state index contributed by atoms with van der Waals surface area (Å²) in [5.74, 6) is 0.326. The van der Waals surface area contributed by atoms with Gasteiger partial charge in [-0.25, -0.2) is 0 Å². The van der Waals surface area contributed by atoms with Crippen LogP contribution in [-0.4, -0.2) is 5.11 Å². The van der Waals surface area contributed by atoms with E-state index in [0.717, 1.165) is 15.0 Å². The molecule has 0 unspecified atom stereocenters. The highest BCUT2D eigenvalue weighted by Gasteiger charge is 2.08. The third-order valence-electron chi connectivity index (χ3n) is 2.23. The van der Waals surface area contributed by atoms with E-state index in [9.17, 15) is 5.11 Å². The minimum Gasteiger partial charge on any atom is -0.508 e. The van der Waals surface area contributed by atoms with Crippen molar-refractivity contribution in [3.63, 3.8) is 0 Å². The summed E-state index contributed by atoms with van der Waals surface area (Å²) in [5, 5.41) is 9.46. The maximum atomic E-state index is 9.46. The lowest BCUT2D eigenvalue weighted by Gasteiger charge is -2.07. The van der Waals surface area contributed by atoms with Crippen LogP contribution in [0.3, 0.4) is 0 Å². The van der Waals surface area contributed by atoms with E-state index in [1.54, 1.807) is 32.8 Å². The van der Waals surface area contributed by atoms with Gasteiger partial charge in [-0.05, 0) is 48.7 Å². The molecule has 1 heterocycles. The Morgan fingerprint density at radius 1 is 1.07 bits per heavy atom. The molecule has 0 aliphatic rings. The summed E-state index contributed by atoms with van der Waals surface area (Å²) in [6.45, 7) is 4.02. The largest absolute Gasteiger partial charge is 0.508 e. The lowest BCUT2D eigenvalue weighted by atomic mass is 10.0. The third kappa shape index (κ3) is 2.12. The molecule has 1 N–H and O–H groups in total. The molecule has 0 saturated carbocycles. The third-order valence-corrected chi connectivity index (χ3v) is 5.11. The number of benzene rings is 1. The van der Waals surface area contributed by atoms with Gasteiger partial charge in [0.25, 0.3) is 0 Å². The maximum absolute atomic E-state index is 9.46. The van der Waals surface area contributed by atoms with E-state index in [1.807, 2.05) is 19.9 Å². The van der Waals surface area contributed by atoms with E-state index >= 15 is 0 Å². The molecule has 1 nitrogen and oxygen atoms in total. The summed E-state index contributed by atoms with van der Waals surface area (Å²) in [5.41, 5.74) is 3.39. The van der Waals surface area contributed by atoms with Gasteiger partial charge >= 0.3 is 0 Å². The van der Waals surface area contributed by atoms with Crippen LogP contribution in [0.5, 0.6) is 5.75 Å². The van der Waals surface area contributed by atoms with Gasteiger partial charge < -0.3 is 5.11 Å². The van der Waals surface area contributed by atoms with Crippen LogP contribution in [0.2, 0.25) is 0 Å². The van der Waals surface area contributed by atoms with Gasteiger partial charge in [0.15, 0.2) is 0 Å². The lowest BCUT2D eigenvalue weighted by molar-refractivity contribution is 0.474. The fraction of sp³-hybridized carbons (Fsp3) is 0.182. The Morgan fingerprint density at radius 3 is 2.13 bits per heavy atom. The fourth-order valence-electron chi connectivity index (χ4n) is 1.68. The van der Waals surface area contributed by atoms with Gasteiger partial charge in [-0.3, -0.25) is 0 Å². The number of phenolic OH excluding ortho intramolecular Hbond substituents is 1. The van der Waals surface area contributed by atoms with E-state index in [1.165, 1.54) is 10.4 Å². The predicted molar refractivity (Wildman–Crippen MR) is 69.6 cm³/mol. The Morgan fingerprint density at radius 2 is 1.67 bits per heavy atom. The van der Waals surface area contributed by atoms with Crippen molar-refractivity contribution in [3.8, 4) is 16.2 Å². The molecule has 0 radical (unpaired) electrons. The molecular formula is C11H10OS3. The van der Waals surface area contributed by atoms with Crippen LogP contribution in [0.4, 0.5) is 0 Å². The summed E-state index contributed by atoms with van der Waals surface area (Å²) < 4.78 is 0.918. The molecule has 0 aliphatic carbocycles. The average Bonchev–Trinajstić information content (AvgIpc) is 2.49. The summed E-state index contributed by atoms with van der Waals surface area (Å²) in [6, 6.07) is 5.60. The first-order valence-electron chi connectivity index (χ1n) is 4.48. The van der Waals surface area contributed by atoms with Crippen LogP contribution in [-0.2, 0) is 0 Å². The molecule has 0 bridgehead atoms. The van der Waals surface area contributed by atoms with Crippen LogP contribution in [0, 0.1) is 17.7 Å². The van der Waals surface area contributed by atoms with Crippen molar-refractivity contribution < 1.29 is 5.11 Å². The second-order valence-corrected chi connectivity index (χ2v) is 6.36. The number of aromatic hydroxyl groups is 1. The van der Waals surface area contributed by atoms with Crippen molar-refractivity contribution in [1.82, 2.24) is 0 Å². The van der Waals surface area contributed by atoms with E-state index in [-0.39, 0.29) is 0 Å². The van der Waals surface area contributed by atoms with Gasteiger partial charge in [0.1, 0.15) is 9.57 Å². The molecule has 4 heteroatoms. The van der Waals surface area contributed by atoms with Crippen molar-refractivity contribution in [2.75, 3.05) is 0 Å². The summed E-state index contributed by atoms with van der Waals surface area (Å²) in [6.07, 6.45) is 0. The van der Waals surface area contributed by atoms with Gasteiger partial charge in [0, 0.05) is 4.88 Å². The molecule has 0 spiro atoms. The standard InChI is InChI=1S/C11H10OS3/c1-6-3-8(12)4-7(2)11(6)9-5-10(13)15-14-9/h3-5,12H,1-2H3. The Balaban J connectivity index is 2.67. The second kappa shape index (κ2) is 4.04. The molecule has 78 valence electrons. The summed E-state index contributed by atoms with van der Waals surface area (Å²) >= 11 is 5.12. The van der Waals surface area contributed by atoms with E-state index in [0.29, 0.717) is 5.75 Å². The number of hydrogen-bond donors (Lipinski definition) is 1. The molecule has 0 amide bonds. The molecule has 1 aromatic carbocycles. The fourth-order valence-corrected chi connectivity index (χ4v) is 4.22. The smallest absolute Gasteiger partial charge is 0.116 e. The van der Waals surface area contributed by atoms with Crippen molar-refractivity contribution in [1.29, 1.82) is 0 Å². The number of phenols is 1. The Kier molecular flexibility index (Phi) is 2.91. The molecule has 0 aliphatic heterocycles. The predicted octanol–water partition coefficient (Wildman–Crippen LogP) is 4.53. The zero-order valence-corrected chi connectivity index (χ0v) is 10.9. The van der Waals surface area contributed by atoms with Gasteiger partial charge in [0.2, 0.25) is 0 Å². The van der Waals surface area contributed by atoms with Crippen LogP contribution in [0.15, 0.2) is 18.2 Å². The van der Waals surface area contributed by atoms with Crippen molar-refractivity contribution >= 4 is 32.9 Å². The lowest BCUT2D eigenvalue weighted by Crippen LogP contribution is -1.85.